The van der Waals surface area contributed by atoms with Gasteiger partial charge in [-0.1, -0.05) is 49.4 Å². The number of ether oxygens (including phenoxy) is 1. The van der Waals surface area contributed by atoms with Crippen molar-refractivity contribution in [3.8, 4) is 5.75 Å². The van der Waals surface area contributed by atoms with Gasteiger partial charge in [0.1, 0.15) is 11.8 Å². The molecule has 1 aromatic heterocycles. The van der Waals surface area contributed by atoms with E-state index in [2.05, 4.69) is 37.6 Å². The van der Waals surface area contributed by atoms with E-state index >= 15 is 0 Å². The minimum absolute atomic E-state index is 0.244. The highest BCUT2D eigenvalue weighted by atomic mass is 16.5. The van der Waals surface area contributed by atoms with Crippen molar-refractivity contribution in [3.05, 3.63) is 90.1 Å². The van der Waals surface area contributed by atoms with Crippen molar-refractivity contribution < 1.29 is 14.3 Å². The van der Waals surface area contributed by atoms with Crippen molar-refractivity contribution in [3.63, 3.8) is 0 Å². The summed E-state index contributed by atoms with van der Waals surface area (Å²) < 4.78 is 5.86. The number of nitrogens with one attached hydrogen (secondary N) is 3. The average Bonchev–Trinajstić information content (AvgIpc) is 3.45. The third-order valence-electron chi connectivity index (χ3n) is 7.96. The zero-order chi connectivity index (χ0) is 30.3. The van der Waals surface area contributed by atoms with Gasteiger partial charge < -0.3 is 35.1 Å². The number of anilines is 2. The molecule has 1 aliphatic heterocycles. The Hall–Kier alpha value is -4.50. The molecule has 0 aliphatic carbocycles. The van der Waals surface area contributed by atoms with Crippen LogP contribution in [0.25, 0.3) is 10.9 Å². The van der Waals surface area contributed by atoms with Crippen LogP contribution in [0.1, 0.15) is 30.9 Å². The fraction of sp³-hybridized carbons (Fsp3) is 0.353. The summed E-state index contributed by atoms with van der Waals surface area (Å²) in [7, 11) is 4.01. The SMILES string of the molecule is CCOc1ccc(CN(C)C)cc1NC(=O)[C@H](NC(=O)N1CCN(c2ccccc2)CC1)[C@H](C)c1c[nH]c2ccccc12. The molecular formula is C34H42N6O3. The second kappa shape index (κ2) is 13.6. The first-order chi connectivity index (χ1) is 20.8. The number of carbonyl (C=O) groups is 2. The van der Waals surface area contributed by atoms with Crippen molar-refractivity contribution >= 4 is 34.2 Å². The predicted octanol–water partition coefficient (Wildman–Crippen LogP) is 5.27. The number of hydrogen-bond acceptors (Lipinski definition) is 5. The molecule has 3 N–H and O–H groups in total. The van der Waals surface area contributed by atoms with Crippen LogP contribution in [-0.2, 0) is 11.3 Å². The fourth-order valence-corrected chi connectivity index (χ4v) is 5.73. The maximum atomic E-state index is 14.1. The Balaban J connectivity index is 1.38. The summed E-state index contributed by atoms with van der Waals surface area (Å²) >= 11 is 0. The van der Waals surface area contributed by atoms with Gasteiger partial charge in [-0.2, -0.15) is 0 Å². The molecule has 3 amide bonds. The molecule has 43 heavy (non-hydrogen) atoms. The first-order valence-corrected chi connectivity index (χ1v) is 15.0. The maximum Gasteiger partial charge on any atom is 0.318 e. The summed E-state index contributed by atoms with van der Waals surface area (Å²) in [5.74, 6) is -0.0107. The number of nitrogens with zero attached hydrogens (tertiary/aromatic N) is 3. The number of aromatic amines is 1. The lowest BCUT2D eigenvalue weighted by Crippen LogP contribution is -2.56. The number of benzene rings is 3. The molecule has 2 atom stereocenters. The van der Waals surface area contributed by atoms with Gasteiger partial charge in [0.05, 0.1) is 12.3 Å². The van der Waals surface area contributed by atoms with Crippen molar-refractivity contribution in [1.82, 2.24) is 20.1 Å². The Morgan fingerprint density at radius 2 is 1.70 bits per heavy atom. The van der Waals surface area contributed by atoms with Crippen LogP contribution in [-0.4, -0.2) is 79.6 Å². The van der Waals surface area contributed by atoms with Crippen molar-refractivity contribution in [1.29, 1.82) is 0 Å². The van der Waals surface area contributed by atoms with E-state index in [4.69, 9.17) is 4.74 Å². The summed E-state index contributed by atoms with van der Waals surface area (Å²) in [5.41, 5.74) is 4.74. The lowest BCUT2D eigenvalue weighted by Gasteiger charge is -2.37. The van der Waals surface area contributed by atoms with Gasteiger partial charge in [0.15, 0.2) is 0 Å². The molecule has 0 saturated carbocycles. The number of aromatic nitrogens is 1. The molecule has 1 saturated heterocycles. The highest BCUT2D eigenvalue weighted by Gasteiger charge is 2.32. The fourth-order valence-electron chi connectivity index (χ4n) is 5.73. The molecular weight excluding hydrogens is 540 g/mol. The molecule has 3 aromatic carbocycles. The highest BCUT2D eigenvalue weighted by molar-refractivity contribution is 5.99. The van der Waals surface area contributed by atoms with Gasteiger partial charge in [-0.15, -0.1) is 0 Å². The second-order valence-corrected chi connectivity index (χ2v) is 11.3. The summed E-state index contributed by atoms with van der Waals surface area (Å²) in [6.07, 6.45) is 1.93. The molecule has 0 unspecified atom stereocenters. The number of piperazine rings is 1. The maximum absolute atomic E-state index is 14.1. The molecule has 1 fully saturated rings. The molecule has 2 heterocycles. The van der Waals surface area contributed by atoms with E-state index in [0.29, 0.717) is 31.1 Å². The molecule has 4 aromatic rings. The largest absolute Gasteiger partial charge is 0.492 e. The van der Waals surface area contributed by atoms with E-state index in [-0.39, 0.29) is 17.9 Å². The van der Waals surface area contributed by atoms with E-state index in [1.807, 2.05) is 94.8 Å². The predicted molar refractivity (Wildman–Crippen MR) is 173 cm³/mol. The molecule has 0 radical (unpaired) electrons. The van der Waals surface area contributed by atoms with Crippen LogP contribution in [0.3, 0.4) is 0 Å². The average molecular weight is 583 g/mol. The number of amides is 3. The Labute approximate surface area is 253 Å². The third-order valence-corrected chi connectivity index (χ3v) is 7.96. The molecule has 9 nitrogen and oxygen atoms in total. The Kier molecular flexibility index (Phi) is 9.51. The van der Waals surface area contributed by atoms with Crippen LogP contribution in [0.15, 0.2) is 79.0 Å². The summed E-state index contributed by atoms with van der Waals surface area (Å²) in [4.78, 5) is 37.2. The quantitative estimate of drug-likeness (QED) is 0.237. The Morgan fingerprint density at radius 3 is 2.42 bits per heavy atom. The summed E-state index contributed by atoms with van der Waals surface area (Å²) in [6, 6.07) is 23.0. The van der Waals surface area contributed by atoms with Crippen LogP contribution < -0.4 is 20.3 Å². The highest BCUT2D eigenvalue weighted by Crippen LogP contribution is 2.31. The number of fused-ring (bicyclic) bond motifs is 1. The monoisotopic (exact) mass is 582 g/mol. The van der Waals surface area contributed by atoms with E-state index in [9.17, 15) is 9.59 Å². The Morgan fingerprint density at radius 1 is 0.977 bits per heavy atom. The van der Waals surface area contributed by atoms with E-state index in [0.717, 1.165) is 47.4 Å². The standard InChI is InChI=1S/C34H42N6O3/c1-5-43-31-16-15-25(23-38(3)4)21-30(31)36-33(41)32(24(2)28-22-35-29-14-10-9-13-27(28)29)37-34(42)40-19-17-39(18-20-40)26-11-7-6-8-12-26/h6-16,21-22,24,32,35H,5,17-20,23H2,1-4H3,(H,36,41)(H,37,42)/t24-,32-/m1/s1. The second-order valence-electron chi connectivity index (χ2n) is 11.3. The summed E-state index contributed by atoms with van der Waals surface area (Å²) in [5, 5.41) is 7.24. The number of para-hydroxylation sites is 2. The topological polar surface area (TPSA) is 92.9 Å². The van der Waals surface area contributed by atoms with Gasteiger partial charge in [0.2, 0.25) is 5.91 Å². The van der Waals surface area contributed by atoms with Crippen molar-refractivity contribution in [2.45, 2.75) is 32.4 Å². The molecule has 1 aliphatic rings. The van der Waals surface area contributed by atoms with Crippen LogP contribution in [0.4, 0.5) is 16.2 Å². The minimum atomic E-state index is -0.828. The number of hydrogen-bond donors (Lipinski definition) is 3. The van der Waals surface area contributed by atoms with Crippen LogP contribution >= 0.6 is 0 Å². The van der Waals surface area contributed by atoms with E-state index < -0.39 is 6.04 Å². The van der Waals surface area contributed by atoms with E-state index in [1.54, 1.807) is 4.90 Å². The van der Waals surface area contributed by atoms with Crippen LogP contribution in [0.2, 0.25) is 0 Å². The van der Waals surface area contributed by atoms with Gasteiger partial charge in [-0.25, -0.2) is 4.79 Å². The molecule has 0 bridgehead atoms. The van der Waals surface area contributed by atoms with Gasteiger partial charge in [-0.3, -0.25) is 4.79 Å². The van der Waals surface area contributed by atoms with Gasteiger partial charge in [0.25, 0.3) is 0 Å². The number of H-pyrrole nitrogens is 1. The lowest BCUT2D eigenvalue weighted by atomic mass is 9.92. The smallest absolute Gasteiger partial charge is 0.318 e. The molecule has 5 rings (SSSR count). The zero-order valence-electron chi connectivity index (χ0n) is 25.5. The molecule has 9 heteroatoms. The number of rotatable bonds is 10. The summed E-state index contributed by atoms with van der Waals surface area (Å²) in [6.45, 7) is 7.67. The number of carbonyl (C=O) groups excluding carboxylic acids is 2. The Bertz CT molecular complexity index is 1530. The van der Waals surface area contributed by atoms with Crippen LogP contribution in [0, 0.1) is 0 Å². The minimum Gasteiger partial charge on any atom is -0.492 e. The van der Waals surface area contributed by atoms with Crippen molar-refractivity contribution in [2.24, 2.45) is 0 Å². The van der Waals surface area contributed by atoms with Crippen molar-refractivity contribution in [2.75, 3.05) is 57.1 Å². The first-order valence-electron chi connectivity index (χ1n) is 15.0. The molecule has 0 spiro atoms. The number of urea groups is 1. The normalized spacial score (nSPS) is 14.9. The third kappa shape index (κ3) is 7.11. The van der Waals surface area contributed by atoms with Gasteiger partial charge in [0, 0.05) is 61.4 Å². The molecule has 226 valence electrons. The van der Waals surface area contributed by atoms with Gasteiger partial charge >= 0.3 is 6.03 Å². The zero-order valence-corrected chi connectivity index (χ0v) is 25.5. The van der Waals surface area contributed by atoms with E-state index in [1.165, 1.54) is 0 Å². The van der Waals surface area contributed by atoms with Gasteiger partial charge in [-0.05, 0) is 62.5 Å². The first kappa shape index (κ1) is 30.0. The van der Waals surface area contributed by atoms with Crippen LogP contribution in [0.5, 0.6) is 5.75 Å². The lowest BCUT2D eigenvalue weighted by molar-refractivity contribution is -0.118.